The zero-order valence-corrected chi connectivity index (χ0v) is 11.6. The molecule has 1 fully saturated rings. The predicted octanol–water partition coefficient (Wildman–Crippen LogP) is 1.12. The Labute approximate surface area is 109 Å². The molecule has 5 heteroatoms. The van der Waals surface area contributed by atoms with Crippen molar-refractivity contribution in [2.24, 2.45) is 7.05 Å². The normalized spacial score (nSPS) is 21.2. The van der Waals surface area contributed by atoms with E-state index in [9.17, 15) is 0 Å². The molecule has 1 atom stereocenters. The molecule has 2 heterocycles. The average Bonchev–Trinajstić information content (AvgIpc) is 2.77. The third-order valence-corrected chi connectivity index (χ3v) is 3.43. The maximum Gasteiger partial charge on any atom is 0.0874 e. The molecule has 0 amide bonds. The van der Waals surface area contributed by atoms with E-state index in [1.807, 2.05) is 17.9 Å². The van der Waals surface area contributed by atoms with Gasteiger partial charge in [0.1, 0.15) is 0 Å². The van der Waals surface area contributed by atoms with Crippen LogP contribution in [0.3, 0.4) is 0 Å². The van der Waals surface area contributed by atoms with Gasteiger partial charge in [0.2, 0.25) is 0 Å². The van der Waals surface area contributed by atoms with Gasteiger partial charge in [-0.3, -0.25) is 9.58 Å². The number of nitrogens with one attached hydrogen (secondary N) is 1. The fourth-order valence-electron chi connectivity index (χ4n) is 2.36. The topological polar surface area (TPSA) is 42.3 Å². The Bertz CT molecular complexity index is 377. The van der Waals surface area contributed by atoms with E-state index in [1.165, 1.54) is 0 Å². The summed E-state index contributed by atoms with van der Waals surface area (Å²) in [5.74, 6) is 0. The maximum absolute atomic E-state index is 5.78. The minimum atomic E-state index is 0.281. The van der Waals surface area contributed by atoms with E-state index in [4.69, 9.17) is 4.74 Å². The van der Waals surface area contributed by atoms with Crippen molar-refractivity contribution < 1.29 is 4.74 Å². The molecule has 0 bridgehead atoms. The van der Waals surface area contributed by atoms with Gasteiger partial charge in [-0.1, -0.05) is 13.8 Å². The molecule has 18 heavy (non-hydrogen) atoms. The number of morpholine rings is 1. The monoisotopic (exact) mass is 252 g/mol. The van der Waals surface area contributed by atoms with Crippen LogP contribution in [0.25, 0.3) is 0 Å². The number of anilines is 1. The first-order valence-corrected chi connectivity index (χ1v) is 6.83. The number of aromatic nitrogens is 2. The predicted molar refractivity (Wildman–Crippen MR) is 72.9 cm³/mol. The van der Waals surface area contributed by atoms with Crippen LogP contribution in [0.4, 0.5) is 5.69 Å². The van der Waals surface area contributed by atoms with Crippen LogP contribution in [0.5, 0.6) is 0 Å². The summed E-state index contributed by atoms with van der Waals surface area (Å²) in [6.07, 6.45) is 3.28. The molecule has 1 N–H and O–H groups in total. The van der Waals surface area contributed by atoms with Crippen molar-refractivity contribution in [1.29, 1.82) is 0 Å². The number of rotatable bonds is 5. The van der Waals surface area contributed by atoms with Crippen molar-refractivity contribution in [2.75, 3.05) is 38.1 Å². The van der Waals surface area contributed by atoms with Crippen molar-refractivity contribution in [3.05, 3.63) is 11.9 Å². The molecule has 1 aliphatic heterocycles. The lowest BCUT2D eigenvalue weighted by Crippen LogP contribution is -2.45. The van der Waals surface area contributed by atoms with Crippen molar-refractivity contribution in [3.63, 3.8) is 0 Å². The molecular formula is C13H24N4O. The molecule has 0 aliphatic carbocycles. The molecule has 102 valence electrons. The zero-order chi connectivity index (χ0) is 13.0. The number of nitrogens with zero attached hydrogens (tertiary/aromatic N) is 3. The summed E-state index contributed by atoms with van der Waals surface area (Å²) in [5.41, 5.74) is 2.26. The molecule has 1 aromatic heterocycles. The van der Waals surface area contributed by atoms with Gasteiger partial charge in [-0.2, -0.15) is 5.10 Å². The molecule has 1 saturated heterocycles. The molecule has 1 unspecified atom stereocenters. The molecule has 5 nitrogen and oxygen atoms in total. The van der Waals surface area contributed by atoms with Gasteiger partial charge in [0.15, 0.2) is 0 Å². The molecule has 0 radical (unpaired) electrons. The van der Waals surface area contributed by atoms with E-state index in [0.29, 0.717) is 0 Å². The van der Waals surface area contributed by atoms with Gasteiger partial charge in [0.25, 0.3) is 0 Å². The molecule has 0 spiro atoms. The van der Waals surface area contributed by atoms with E-state index < -0.39 is 0 Å². The first kappa shape index (κ1) is 13.4. The third kappa shape index (κ3) is 3.23. The van der Waals surface area contributed by atoms with E-state index >= 15 is 0 Å². The number of likely N-dealkylation sites (N-methyl/N-ethyl adjacent to an activating group) is 1. The summed E-state index contributed by atoms with van der Waals surface area (Å²) in [5, 5.41) is 7.89. The van der Waals surface area contributed by atoms with Crippen molar-refractivity contribution in [3.8, 4) is 0 Å². The standard InChI is InChI=1S/C13H24N4O/c1-4-12-13(10-16(3)15-12)14-8-11-9-17(5-2)6-7-18-11/h10-11,14H,4-9H2,1-3H3. The van der Waals surface area contributed by atoms with Crippen LogP contribution in [0.2, 0.25) is 0 Å². The lowest BCUT2D eigenvalue weighted by atomic mass is 10.2. The maximum atomic E-state index is 5.78. The molecule has 2 rings (SSSR count). The molecule has 1 aliphatic rings. The summed E-state index contributed by atoms with van der Waals surface area (Å²) in [4.78, 5) is 2.43. The Hall–Kier alpha value is -1.07. The highest BCUT2D eigenvalue weighted by molar-refractivity contribution is 5.46. The molecular weight excluding hydrogens is 228 g/mol. The Balaban J connectivity index is 1.86. The highest BCUT2D eigenvalue weighted by Gasteiger charge is 2.19. The highest BCUT2D eigenvalue weighted by atomic mass is 16.5. The number of hydrogen-bond donors (Lipinski definition) is 1. The summed E-state index contributed by atoms with van der Waals surface area (Å²) in [6.45, 7) is 9.21. The van der Waals surface area contributed by atoms with Gasteiger partial charge < -0.3 is 10.1 Å². The van der Waals surface area contributed by atoms with Gasteiger partial charge in [-0.15, -0.1) is 0 Å². The zero-order valence-electron chi connectivity index (χ0n) is 11.6. The third-order valence-electron chi connectivity index (χ3n) is 3.43. The summed E-state index contributed by atoms with van der Waals surface area (Å²) in [6, 6.07) is 0. The van der Waals surface area contributed by atoms with Crippen LogP contribution in [0, 0.1) is 0 Å². The Morgan fingerprint density at radius 2 is 2.33 bits per heavy atom. The van der Waals surface area contributed by atoms with Crippen molar-refractivity contribution in [1.82, 2.24) is 14.7 Å². The molecule has 1 aromatic rings. The largest absolute Gasteiger partial charge is 0.380 e. The summed E-state index contributed by atoms with van der Waals surface area (Å²) < 4.78 is 7.64. The number of hydrogen-bond acceptors (Lipinski definition) is 4. The minimum Gasteiger partial charge on any atom is -0.380 e. The lowest BCUT2D eigenvalue weighted by Gasteiger charge is -2.32. The number of aryl methyl sites for hydroxylation is 2. The Morgan fingerprint density at radius 3 is 3.06 bits per heavy atom. The fourth-order valence-corrected chi connectivity index (χ4v) is 2.36. The second-order valence-corrected chi connectivity index (χ2v) is 4.78. The van der Waals surface area contributed by atoms with Crippen LogP contribution in [0.1, 0.15) is 19.5 Å². The van der Waals surface area contributed by atoms with Gasteiger partial charge in [0.05, 0.1) is 24.1 Å². The average molecular weight is 252 g/mol. The van der Waals surface area contributed by atoms with E-state index in [-0.39, 0.29) is 6.10 Å². The first-order chi connectivity index (χ1) is 8.72. The van der Waals surface area contributed by atoms with Crippen LogP contribution >= 0.6 is 0 Å². The highest BCUT2D eigenvalue weighted by Crippen LogP contribution is 2.14. The van der Waals surface area contributed by atoms with Crippen LogP contribution in [-0.4, -0.2) is 53.6 Å². The second-order valence-electron chi connectivity index (χ2n) is 4.78. The first-order valence-electron chi connectivity index (χ1n) is 6.83. The van der Waals surface area contributed by atoms with Gasteiger partial charge in [-0.25, -0.2) is 0 Å². The SMILES string of the molecule is CCc1nn(C)cc1NCC1CN(CC)CCO1. The van der Waals surface area contributed by atoms with Gasteiger partial charge >= 0.3 is 0 Å². The van der Waals surface area contributed by atoms with Crippen LogP contribution < -0.4 is 5.32 Å². The molecule has 0 aromatic carbocycles. The minimum absolute atomic E-state index is 0.281. The van der Waals surface area contributed by atoms with Crippen molar-refractivity contribution >= 4 is 5.69 Å². The molecule has 0 saturated carbocycles. The van der Waals surface area contributed by atoms with Gasteiger partial charge in [0, 0.05) is 32.9 Å². The summed E-state index contributed by atoms with van der Waals surface area (Å²) >= 11 is 0. The Kier molecular flexibility index (Phi) is 4.60. The number of ether oxygens (including phenoxy) is 1. The van der Waals surface area contributed by atoms with Gasteiger partial charge in [-0.05, 0) is 13.0 Å². The van der Waals surface area contributed by atoms with Crippen LogP contribution in [0.15, 0.2) is 6.20 Å². The van der Waals surface area contributed by atoms with E-state index in [2.05, 4.69) is 29.2 Å². The van der Waals surface area contributed by atoms with E-state index in [1.54, 1.807) is 0 Å². The van der Waals surface area contributed by atoms with E-state index in [0.717, 1.165) is 50.6 Å². The lowest BCUT2D eigenvalue weighted by molar-refractivity contribution is -0.0191. The smallest absolute Gasteiger partial charge is 0.0874 e. The van der Waals surface area contributed by atoms with Crippen LogP contribution in [-0.2, 0) is 18.2 Å². The van der Waals surface area contributed by atoms with Crippen molar-refractivity contribution in [2.45, 2.75) is 26.4 Å². The Morgan fingerprint density at radius 1 is 1.50 bits per heavy atom. The quantitative estimate of drug-likeness (QED) is 0.852. The fraction of sp³-hybridized carbons (Fsp3) is 0.769. The summed E-state index contributed by atoms with van der Waals surface area (Å²) in [7, 11) is 1.96. The second kappa shape index (κ2) is 6.20.